The molecule has 0 aliphatic rings. The molecule has 0 saturated heterocycles. The second kappa shape index (κ2) is 10.3. The number of rotatable bonds is 10. The van der Waals surface area contributed by atoms with Crippen molar-refractivity contribution < 1.29 is 24.9 Å². The fraction of sp³-hybridized carbons (Fsp3) is 0.667. The van der Waals surface area contributed by atoms with Crippen LogP contribution >= 0.6 is 0 Å². The van der Waals surface area contributed by atoms with Crippen molar-refractivity contribution in [3.8, 4) is 0 Å². The lowest BCUT2D eigenvalue weighted by atomic mass is 10.1. The normalized spacial score (nSPS) is 15.3. The van der Waals surface area contributed by atoms with Crippen molar-refractivity contribution in [1.82, 2.24) is 9.55 Å². The van der Waals surface area contributed by atoms with Crippen LogP contribution in [-0.2, 0) is 16.6 Å². The van der Waals surface area contributed by atoms with E-state index in [4.69, 9.17) is 0 Å². The smallest absolute Gasteiger partial charge is 0.305 e. The van der Waals surface area contributed by atoms with Crippen molar-refractivity contribution >= 4 is 12.0 Å². The molecule has 3 N–H and O–H groups in total. The summed E-state index contributed by atoms with van der Waals surface area (Å²) in [5.74, 6) is 0.425. The van der Waals surface area contributed by atoms with Gasteiger partial charge in [-0.1, -0.05) is 19.4 Å². The SMILES string of the molecule is CCCC(O)c1c(/C=C/C(O)C(O)CCCC(=O)OC)nc(C)n1C. The van der Waals surface area contributed by atoms with Gasteiger partial charge in [0.2, 0.25) is 0 Å². The molecular formula is C18H30N2O5. The van der Waals surface area contributed by atoms with E-state index in [1.165, 1.54) is 13.2 Å². The van der Waals surface area contributed by atoms with Crippen LogP contribution in [0, 0.1) is 6.92 Å². The minimum absolute atomic E-state index is 0.205. The molecule has 142 valence electrons. The molecule has 0 aromatic carbocycles. The van der Waals surface area contributed by atoms with E-state index in [-0.39, 0.29) is 18.8 Å². The molecule has 25 heavy (non-hydrogen) atoms. The number of carbonyl (C=O) groups excluding carboxylic acids is 1. The molecule has 7 heteroatoms. The van der Waals surface area contributed by atoms with E-state index >= 15 is 0 Å². The second-order valence-electron chi connectivity index (χ2n) is 6.18. The Labute approximate surface area is 149 Å². The van der Waals surface area contributed by atoms with Gasteiger partial charge < -0.3 is 24.6 Å². The van der Waals surface area contributed by atoms with E-state index in [1.54, 1.807) is 6.08 Å². The topological polar surface area (TPSA) is 105 Å². The quantitative estimate of drug-likeness (QED) is 0.552. The standard InChI is InChI=1S/C18H30N2O5/c1-5-7-16(23)18-13(19-12(2)20(18)3)10-11-15(22)14(21)8-6-9-17(24)25-4/h10-11,14-16,21-23H,5-9H2,1-4H3/b11-10+. The molecular weight excluding hydrogens is 324 g/mol. The van der Waals surface area contributed by atoms with Crippen LogP contribution < -0.4 is 0 Å². The number of imidazole rings is 1. The Morgan fingerprint density at radius 2 is 2.00 bits per heavy atom. The molecule has 0 aliphatic heterocycles. The van der Waals surface area contributed by atoms with Crippen LogP contribution in [-0.4, -0.2) is 50.2 Å². The molecule has 3 unspecified atom stereocenters. The number of hydrogen-bond donors (Lipinski definition) is 3. The van der Waals surface area contributed by atoms with Gasteiger partial charge in [-0.05, 0) is 32.3 Å². The summed E-state index contributed by atoms with van der Waals surface area (Å²) in [6, 6.07) is 0. The third-order valence-corrected chi connectivity index (χ3v) is 4.22. The number of methoxy groups -OCH3 is 1. The maximum absolute atomic E-state index is 11.0. The fourth-order valence-electron chi connectivity index (χ4n) is 2.63. The summed E-state index contributed by atoms with van der Waals surface area (Å²) in [6.45, 7) is 3.84. The highest BCUT2D eigenvalue weighted by atomic mass is 16.5. The first-order valence-electron chi connectivity index (χ1n) is 8.64. The summed E-state index contributed by atoms with van der Waals surface area (Å²) in [4.78, 5) is 15.5. The van der Waals surface area contributed by atoms with Crippen molar-refractivity contribution in [1.29, 1.82) is 0 Å². The zero-order valence-corrected chi connectivity index (χ0v) is 15.5. The minimum Gasteiger partial charge on any atom is -0.469 e. The van der Waals surface area contributed by atoms with Crippen molar-refractivity contribution in [2.24, 2.45) is 7.05 Å². The summed E-state index contributed by atoms with van der Waals surface area (Å²) in [5.41, 5.74) is 1.28. The number of hydrogen-bond acceptors (Lipinski definition) is 6. The lowest BCUT2D eigenvalue weighted by molar-refractivity contribution is -0.140. The van der Waals surface area contributed by atoms with E-state index < -0.39 is 18.3 Å². The zero-order valence-electron chi connectivity index (χ0n) is 15.5. The Balaban J connectivity index is 2.73. The number of carbonyl (C=O) groups is 1. The molecule has 0 fully saturated rings. The molecule has 1 rings (SSSR count). The molecule has 7 nitrogen and oxygen atoms in total. The highest BCUT2D eigenvalue weighted by molar-refractivity contribution is 5.69. The highest BCUT2D eigenvalue weighted by Crippen LogP contribution is 2.24. The minimum atomic E-state index is -1.07. The molecule has 0 bridgehead atoms. The first kappa shape index (κ1) is 21.3. The molecule has 1 heterocycles. The summed E-state index contributed by atoms with van der Waals surface area (Å²) in [7, 11) is 3.15. The Bertz CT molecular complexity index is 582. The van der Waals surface area contributed by atoms with Crippen LogP contribution in [0.1, 0.15) is 62.3 Å². The molecule has 0 amide bonds. The number of nitrogens with zero attached hydrogens (tertiary/aromatic N) is 2. The molecule has 0 aliphatic carbocycles. The molecule has 0 spiro atoms. The van der Waals surface area contributed by atoms with Gasteiger partial charge in [-0.2, -0.15) is 0 Å². The van der Waals surface area contributed by atoms with Gasteiger partial charge in [0, 0.05) is 13.5 Å². The summed E-state index contributed by atoms with van der Waals surface area (Å²) in [6.07, 6.45) is 2.80. The molecule has 0 radical (unpaired) electrons. The lowest BCUT2D eigenvalue weighted by Crippen LogP contribution is -2.23. The first-order valence-corrected chi connectivity index (χ1v) is 8.64. The Morgan fingerprint density at radius 3 is 2.60 bits per heavy atom. The summed E-state index contributed by atoms with van der Waals surface area (Å²) < 4.78 is 6.37. The number of ether oxygens (including phenoxy) is 1. The van der Waals surface area contributed by atoms with E-state index in [2.05, 4.69) is 9.72 Å². The van der Waals surface area contributed by atoms with E-state index in [1.807, 2.05) is 25.5 Å². The lowest BCUT2D eigenvalue weighted by Gasteiger charge is -2.14. The predicted octanol–water partition coefficient (Wildman–Crippen LogP) is 1.64. The molecule has 1 aromatic rings. The summed E-state index contributed by atoms with van der Waals surface area (Å²) in [5, 5.41) is 30.3. The Hall–Kier alpha value is -1.70. The number of esters is 1. The number of aliphatic hydroxyl groups is 3. The van der Waals surface area contributed by atoms with E-state index in [9.17, 15) is 20.1 Å². The van der Waals surface area contributed by atoms with Crippen LogP contribution in [0.25, 0.3) is 6.08 Å². The van der Waals surface area contributed by atoms with Crippen LogP contribution in [0.4, 0.5) is 0 Å². The van der Waals surface area contributed by atoms with Crippen molar-refractivity contribution in [3.05, 3.63) is 23.3 Å². The third kappa shape index (κ3) is 6.26. The fourth-order valence-corrected chi connectivity index (χ4v) is 2.63. The first-order chi connectivity index (χ1) is 11.8. The third-order valence-electron chi connectivity index (χ3n) is 4.22. The largest absolute Gasteiger partial charge is 0.469 e. The van der Waals surface area contributed by atoms with Crippen LogP contribution in [0.5, 0.6) is 0 Å². The maximum atomic E-state index is 11.0. The van der Waals surface area contributed by atoms with Gasteiger partial charge in [-0.15, -0.1) is 0 Å². The van der Waals surface area contributed by atoms with Gasteiger partial charge in [-0.25, -0.2) is 4.98 Å². The van der Waals surface area contributed by atoms with Gasteiger partial charge in [0.05, 0.1) is 36.8 Å². The molecule has 1 aromatic heterocycles. The highest BCUT2D eigenvalue weighted by Gasteiger charge is 2.19. The van der Waals surface area contributed by atoms with Crippen LogP contribution in [0.3, 0.4) is 0 Å². The van der Waals surface area contributed by atoms with Gasteiger partial charge in [-0.3, -0.25) is 4.79 Å². The van der Waals surface area contributed by atoms with Gasteiger partial charge >= 0.3 is 5.97 Å². The summed E-state index contributed by atoms with van der Waals surface area (Å²) >= 11 is 0. The second-order valence-corrected chi connectivity index (χ2v) is 6.18. The Morgan fingerprint density at radius 1 is 1.32 bits per heavy atom. The average Bonchev–Trinajstić information content (AvgIpc) is 2.86. The zero-order chi connectivity index (χ0) is 19.0. The van der Waals surface area contributed by atoms with Gasteiger partial charge in [0.15, 0.2) is 0 Å². The average molecular weight is 354 g/mol. The van der Waals surface area contributed by atoms with Crippen LogP contribution in [0.15, 0.2) is 6.08 Å². The maximum Gasteiger partial charge on any atom is 0.305 e. The molecule has 0 saturated carbocycles. The van der Waals surface area contributed by atoms with Crippen molar-refractivity contribution in [2.75, 3.05) is 7.11 Å². The van der Waals surface area contributed by atoms with Crippen molar-refractivity contribution in [3.63, 3.8) is 0 Å². The number of aromatic nitrogens is 2. The van der Waals surface area contributed by atoms with Crippen LogP contribution in [0.2, 0.25) is 0 Å². The van der Waals surface area contributed by atoms with E-state index in [0.29, 0.717) is 24.2 Å². The predicted molar refractivity (Wildman–Crippen MR) is 94.7 cm³/mol. The number of aryl methyl sites for hydroxylation is 1. The Kier molecular flexibility index (Phi) is 8.82. The monoisotopic (exact) mass is 354 g/mol. The number of aliphatic hydroxyl groups excluding tert-OH is 3. The molecule has 3 atom stereocenters. The van der Waals surface area contributed by atoms with E-state index in [0.717, 1.165) is 12.2 Å². The van der Waals surface area contributed by atoms with Gasteiger partial charge in [0.1, 0.15) is 5.82 Å². The van der Waals surface area contributed by atoms with Gasteiger partial charge in [0.25, 0.3) is 0 Å². The van der Waals surface area contributed by atoms with Crippen molar-refractivity contribution in [2.45, 2.75) is 64.3 Å².